The van der Waals surface area contributed by atoms with E-state index in [1.54, 1.807) is 6.07 Å². The lowest BCUT2D eigenvalue weighted by Gasteiger charge is -2.27. The molecular weight excluding hydrogens is 370 g/mol. The van der Waals surface area contributed by atoms with Crippen molar-refractivity contribution in [2.24, 2.45) is 0 Å². The molecule has 0 saturated heterocycles. The minimum atomic E-state index is -0.870. The Labute approximate surface area is 158 Å². The van der Waals surface area contributed by atoms with Crippen LogP contribution in [-0.2, 0) is 21.8 Å². The predicted octanol–water partition coefficient (Wildman–Crippen LogP) is 2.55. The topological polar surface area (TPSA) is 102 Å². The smallest absolute Gasteiger partial charge is 0.307 e. The third-order valence-corrected chi connectivity index (χ3v) is 5.61. The first kappa shape index (κ1) is 18.0. The third-order valence-electron chi connectivity index (χ3n) is 3.66. The van der Waals surface area contributed by atoms with E-state index in [0.29, 0.717) is 11.4 Å². The molecule has 1 atom stereocenters. The first-order chi connectivity index (χ1) is 12.6. The maximum absolute atomic E-state index is 12.2. The largest absolute Gasteiger partial charge is 0.481 e. The molecule has 0 radical (unpaired) electrons. The van der Waals surface area contributed by atoms with E-state index >= 15 is 0 Å². The molecule has 8 heteroatoms. The number of carboxylic acid groups (broad SMARTS) is 1. The first-order valence-electron chi connectivity index (χ1n) is 7.73. The lowest BCUT2D eigenvalue weighted by Crippen LogP contribution is -2.47. The Balaban J connectivity index is 1.70. The fourth-order valence-electron chi connectivity index (χ4n) is 2.53. The molecule has 0 aliphatic carbocycles. The summed E-state index contributed by atoms with van der Waals surface area (Å²) < 4.78 is 0. The number of hydrogen-bond donors (Lipinski definition) is 3. The van der Waals surface area contributed by atoms with Gasteiger partial charge in [0.2, 0.25) is 0 Å². The summed E-state index contributed by atoms with van der Waals surface area (Å²) in [6.45, 7) is 0. The summed E-state index contributed by atoms with van der Waals surface area (Å²) in [6.07, 6.45) is -0.0201. The van der Waals surface area contributed by atoms with Crippen molar-refractivity contribution in [3.63, 3.8) is 0 Å². The average molecular weight is 385 g/mol. The van der Waals surface area contributed by atoms with Crippen LogP contribution in [0.1, 0.15) is 16.0 Å². The third kappa shape index (κ3) is 4.25. The van der Waals surface area contributed by atoms with Gasteiger partial charge in [0.1, 0.15) is 17.1 Å². The molecule has 1 aliphatic heterocycles. The minimum absolute atomic E-state index is 0.0201. The van der Waals surface area contributed by atoms with Gasteiger partial charge in [0.15, 0.2) is 0 Å². The maximum atomic E-state index is 12.2. The molecule has 1 aliphatic rings. The number of benzene rings is 1. The Kier molecular flexibility index (Phi) is 5.61. The van der Waals surface area contributed by atoms with Crippen molar-refractivity contribution >= 4 is 40.7 Å². The van der Waals surface area contributed by atoms with E-state index < -0.39 is 11.9 Å². The van der Waals surface area contributed by atoms with Crippen LogP contribution in [0, 0.1) is 11.3 Å². The van der Waals surface area contributed by atoms with E-state index in [1.807, 2.05) is 41.8 Å². The van der Waals surface area contributed by atoms with Crippen LogP contribution in [0.15, 0.2) is 47.4 Å². The number of thioether (sulfide) groups is 1. The number of carboxylic acids is 1. The fraction of sp³-hybridized carbons (Fsp3) is 0.167. The van der Waals surface area contributed by atoms with Crippen LogP contribution < -0.4 is 10.6 Å². The van der Waals surface area contributed by atoms with Crippen LogP contribution in [0.2, 0.25) is 0 Å². The fourth-order valence-corrected chi connectivity index (χ4v) is 4.20. The Bertz CT molecular complexity index is 901. The number of carbonyl (C=O) groups is 2. The van der Waals surface area contributed by atoms with E-state index in [4.69, 9.17) is 5.11 Å². The summed E-state index contributed by atoms with van der Waals surface area (Å²) in [7, 11) is 0. The number of amides is 1. The van der Waals surface area contributed by atoms with Gasteiger partial charge < -0.3 is 15.7 Å². The van der Waals surface area contributed by atoms with Gasteiger partial charge in [0.05, 0.1) is 17.0 Å². The number of nitrogens with one attached hydrogen (secondary N) is 2. The van der Waals surface area contributed by atoms with Crippen LogP contribution in [0.4, 0.5) is 0 Å². The molecule has 1 aromatic carbocycles. The molecule has 3 rings (SSSR count). The van der Waals surface area contributed by atoms with Gasteiger partial charge in [-0.15, -0.1) is 23.1 Å². The molecule has 2 aromatic rings. The molecule has 1 amide bonds. The summed E-state index contributed by atoms with van der Waals surface area (Å²) in [5.41, 5.74) is 1.95. The van der Waals surface area contributed by atoms with Crippen molar-refractivity contribution in [2.45, 2.75) is 17.7 Å². The van der Waals surface area contributed by atoms with Gasteiger partial charge in [0, 0.05) is 5.75 Å². The highest BCUT2D eigenvalue weighted by molar-refractivity contribution is 7.99. The standard InChI is InChI=1S/C18H15N3O3S2/c19-9-13-16(14-5-2-6-25-14)20-18(21-17(13)24)26-10-12-4-1-3-11(7-12)8-15(22)23/h1-7,18,20H,8,10H2,(H,21,24)(H,22,23). The van der Waals surface area contributed by atoms with Gasteiger partial charge in [-0.3, -0.25) is 9.59 Å². The Morgan fingerprint density at radius 2 is 2.08 bits per heavy atom. The van der Waals surface area contributed by atoms with Gasteiger partial charge in [-0.25, -0.2) is 0 Å². The van der Waals surface area contributed by atoms with Crippen molar-refractivity contribution in [3.8, 4) is 6.07 Å². The Morgan fingerprint density at radius 3 is 2.77 bits per heavy atom. The van der Waals surface area contributed by atoms with Crippen LogP contribution in [-0.4, -0.2) is 22.5 Å². The van der Waals surface area contributed by atoms with E-state index in [9.17, 15) is 14.9 Å². The highest BCUT2D eigenvalue weighted by atomic mass is 32.2. The van der Waals surface area contributed by atoms with Gasteiger partial charge in [-0.05, 0) is 22.6 Å². The number of nitriles is 1. The second kappa shape index (κ2) is 8.08. The highest BCUT2D eigenvalue weighted by Crippen LogP contribution is 2.27. The Morgan fingerprint density at radius 1 is 1.27 bits per heavy atom. The van der Waals surface area contributed by atoms with E-state index in [2.05, 4.69) is 10.6 Å². The normalized spacial score (nSPS) is 16.6. The van der Waals surface area contributed by atoms with Gasteiger partial charge in [0.25, 0.3) is 5.91 Å². The number of nitrogens with zero attached hydrogens (tertiary/aromatic N) is 1. The average Bonchev–Trinajstić information content (AvgIpc) is 3.14. The second-order valence-electron chi connectivity index (χ2n) is 5.54. The number of rotatable bonds is 6. The number of carbonyl (C=O) groups excluding carboxylic acids is 1. The van der Waals surface area contributed by atoms with Gasteiger partial charge >= 0.3 is 5.97 Å². The lowest BCUT2D eigenvalue weighted by molar-refractivity contribution is -0.136. The van der Waals surface area contributed by atoms with Crippen LogP contribution in [0.3, 0.4) is 0 Å². The molecule has 6 nitrogen and oxygen atoms in total. The molecule has 0 bridgehead atoms. The number of aliphatic carboxylic acids is 1. The molecule has 132 valence electrons. The van der Waals surface area contributed by atoms with Gasteiger partial charge in [-0.2, -0.15) is 5.26 Å². The van der Waals surface area contributed by atoms with Crippen molar-refractivity contribution in [1.29, 1.82) is 5.26 Å². The van der Waals surface area contributed by atoms with Crippen LogP contribution in [0.5, 0.6) is 0 Å². The van der Waals surface area contributed by atoms with Crippen molar-refractivity contribution < 1.29 is 14.7 Å². The van der Waals surface area contributed by atoms with E-state index in [-0.39, 0.29) is 17.5 Å². The molecule has 0 saturated carbocycles. The maximum Gasteiger partial charge on any atom is 0.307 e. The summed E-state index contributed by atoms with van der Waals surface area (Å²) >= 11 is 2.92. The zero-order chi connectivity index (χ0) is 18.5. The summed E-state index contributed by atoms with van der Waals surface area (Å²) in [4.78, 5) is 23.9. The van der Waals surface area contributed by atoms with Crippen molar-refractivity contribution in [1.82, 2.24) is 10.6 Å². The summed E-state index contributed by atoms with van der Waals surface area (Å²) in [5, 5.41) is 26.0. The van der Waals surface area contributed by atoms with Crippen LogP contribution >= 0.6 is 23.1 Å². The molecule has 3 N–H and O–H groups in total. The van der Waals surface area contributed by atoms with Crippen molar-refractivity contribution in [3.05, 3.63) is 63.4 Å². The summed E-state index contributed by atoms with van der Waals surface area (Å²) in [5.74, 6) is -0.678. The Hall–Kier alpha value is -2.76. The van der Waals surface area contributed by atoms with Crippen LogP contribution in [0.25, 0.3) is 5.70 Å². The SMILES string of the molecule is N#CC1=C(c2cccs2)NC(SCc2cccc(CC(=O)O)c2)NC1=O. The second-order valence-corrected chi connectivity index (χ2v) is 7.58. The van der Waals surface area contributed by atoms with E-state index in [0.717, 1.165) is 16.0 Å². The molecule has 1 aromatic heterocycles. The number of hydrogen-bond acceptors (Lipinski definition) is 6. The quantitative estimate of drug-likeness (QED) is 0.706. The molecule has 0 fully saturated rings. The summed E-state index contributed by atoms with van der Waals surface area (Å²) in [6, 6.07) is 13.1. The minimum Gasteiger partial charge on any atom is -0.481 e. The zero-order valence-electron chi connectivity index (χ0n) is 13.6. The molecule has 1 unspecified atom stereocenters. The lowest BCUT2D eigenvalue weighted by atomic mass is 10.1. The van der Waals surface area contributed by atoms with Crippen molar-refractivity contribution in [2.75, 3.05) is 0 Å². The molecule has 26 heavy (non-hydrogen) atoms. The molecule has 2 heterocycles. The monoisotopic (exact) mass is 385 g/mol. The molecule has 0 spiro atoms. The molecular formula is C18H15N3O3S2. The predicted molar refractivity (Wildman–Crippen MR) is 101 cm³/mol. The highest BCUT2D eigenvalue weighted by Gasteiger charge is 2.27. The van der Waals surface area contributed by atoms with E-state index in [1.165, 1.54) is 23.1 Å². The van der Waals surface area contributed by atoms with Gasteiger partial charge in [-0.1, -0.05) is 30.3 Å². The zero-order valence-corrected chi connectivity index (χ0v) is 15.2. The number of thiophene rings is 1. The first-order valence-corrected chi connectivity index (χ1v) is 9.66.